The molecule has 0 amide bonds. The lowest BCUT2D eigenvalue weighted by atomic mass is 10.0. The molecule has 0 aliphatic heterocycles. The number of nitrogens with two attached hydrogens (primary N) is 1. The van der Waals surface area contributed by atoms with Gasteiger partial charge in [-0.15, -0.1) is 0 Å². The van der Waals surface area contributed by atoms with E-state index in [1.165, 1.54) is 6.33 Å². The van der Waals surface area contributed by atoms with Crippen molar-refractivity contribution in [2.45, 2.75) is 13.0 Å². The van der Waals surface area contributed by atoms with Gasteiger partial charge in [-0.25, -0.2) is 15.4 Å². The average Bonchev–Trinajstić information content (AvgIpc) is 2.43. The number of hydrogen-bond donors (Lipinski definition) is 2. The summed E-state index contributed by atoms with van der Waals surface area (Å²) in [4.78, 5) is 8.12. The van der Waals surface area contributed by atoms with Crippen molar-refractivity contribution in [1.82, 2.24) is 15.4 Å². The number of nitrogens with zero attached hydrogens (tertiary/aromatic N) is 2. The van der Waals surface area contributed by atoms with Gasteiger partial charge >= 0.3 is 0 Å². The van der Waals surface area contributed by atoms with Crippen LogP contribution in [0.3, 0.4) is 0 Å². The van der Waals surface area contributed by atoms with E-state index in [0.717, 1.165) is 17.0 Å². The van der Waals surface area contributed by atoms with Crippen LogP contribution in [-0.4, -0.2) is 16.6 Å². The Bertz CT molecular complexity index is 489. The molecule has 0 fully saturated rings. The molecule has 0 aliphatic rings. The highest BCUT2D eigenvalue weighted by atomic mass is 16.5. The van der Waals surface area contributed by atoms with Crippen molar-refractivity contribution in [2.75, 3.05) is 6.61 Å². The van der Waals surface area contributed by atoms with Crippen molar-refractivity contribution in [3.63, 3.8) is 0 Å². The zero-order valence-corrected chi connectivity index (χ0v) is 10.2. The highest BCUT2D eigenvalue weighted by molar-refractivity contribution is 5.39. The van der Waals surface area contributed by atoms with Gasteiger partial charge in [0.1, 0.15) is 12.1 Å². The van der Waals surface area contributed by atoms with Crippen LogP contribution < -0.4 is 16.0 Å². The van der Waals surface area contributed by atoms with E-state index in [-0.39, 0.29) is 6.04 Å². The number of hydrazine groups is 1. The first-order valence-corrected chi connectivity index (χ1v) is 5.80. The summed E-state index contributed by atoms with van der Waals surface area (Å²) in [6.07, 6.45) is 3.19. The molecule has 1 aromatic heterocycles. The summed E-state index contributed by atoms with van der Waals surface area (Å²) in [7, 11) is 0. The number of para-hydroxylation sites is 1. The molecule has 5 heteroatoms. The Morgan fingerprint density at radius 1 is 1.33 bits per heavy atom. The van der Waals surface area contributed by atoms with Crippen LogP contribution in [0.4, 0.5) is 0 Å². The molecule has 0 bridgehead atoms. The van der Waals surface area contributed by atoms with Crippen LogP contribution in [0.15, 0.2) is 42.9 Å². The van der Waals surface area contributed by atoms with E-state index >= 15 is 0 Å². The van der Waals surface area contributed by atoms with Gasteiger partial charge in [-0.1, -0.05) is 18.2 Å². The van der Waals surface area contributed by atoms with Crippen LogP contribution >= 0.6 is 0 Å². The minimum absolute atomic E-state index is 0.212. The second-order valence-corrected chi connectivity index (χ2v) is 3.70. The molecule has 1 aromatic carbocycles. The van der Waals surface area contributed by atoms with E-state index in [1.807, 2.05) is 37.3 Å². The van der Waals surface area contributed by atoms with Gasteiger partial charge in [0.25, 0.3) is 0 Å². The first-order valence-electron chi connectivity index (χ1n) is 5.80. The Labute approximate surface area is 106 Å². The summed E-state index contributed by atoms with van der Waals surface area (Å²) < 4.78 is 5.60. The standard InChI is InChI=1S/C13H16N4O/c1-2-18-12-6-4-3-5-10(12)13(17-14)11-7-8-15-9-16-11/h3-9,13,17H,2,14H2,1H3. The third kappa shape index (κ3) is 2.64. The molecule has 5 nitrogen and oxygen atoms in total. The van der Waals surface area contributed by atoms with Crippen LogP contribution in [0.2, 0.25) is 0 Å². The average molecular weight is 244 g/mol. The van der Waals surface area contributed by atoms with E-state index < -0.39 is 0 Å². The van der Waals surface area contributed by atoms with E-state index in [4.69, 9.17) is 10.6 Å². The molecule has 18 heavy (non-hydrogen) atoms. The molecule has 3 N–H and O–H groups in total. The molecule has 0 radical (unpaired) electrons. The molecule has 0 aliphatic carbocycles. The van der Waals surface area contributed by atoms with Crippen molar-refractivity contribution < 1.29 is 4.74 Å². The summed E-state index contributed by atoms with van der Waals surface area (Å²) >= 11 is 0. The summed E-state index contributed by atoms with van der Waals surface area (Å²) in [5.74, 6) is 6.44. The molecular weight excluding hydrogens is 228 g/mol. The van der Waals surface area contributed by atoms with Crippen LogP contribution in [0.5, 0.6) is 5.75 Å². The van der Waals surface area contributed by atoms with E-state index in [9.17, 15) is 0 Å². The van der Waals surface area contributed by atoms with Gasteiger partial charge in [-0.2, -0.15) is 0 Å². The number of hydrogen-bond acceptors (Lipinski definition) is 5. The zero-order chi connectivity index (χ0) is 12.8. The molecule has 0 saturated heterocycles. The molecule has 1 atom stereocenters. The third-order valence-corrected chi connectivity index (χ3v) is 2.60. The maximum atomic E-state index is 5.64. The minimum atomic E-state index is -0.212. The number of benzene rings is 1. The van der Waals surface area contributed by atoms with E-state index in [1.54, 1.807) is 6.20 Å². The van der Waals surface area contributed by atoms with Crippen LogP contribution in [0.25, 0.3) is 0 Å². The summed E-state index contributed by atoms with van der Waals surface area (Å²) in [5.41, 5.74) is 4.53. The van der Waals surface area contributed by atoms with Crippen molar-refractivity contribution in [2.24, 2.45) is 5.84 Å². The molecule has 94 valence electrons. The summed E-state index contributed by atoms with van der Waals surface area (Å²) in [5, 5.41) is 0. The predicted octanol–water partition coefficient (Wildman–Crippen LogP) is 1.43. The number of aromatic nitrogens is 2. The smallest absolute Gasteiger partial charge is 0.124 e. The minimum Gasteiger partial charge on any atom is -0.494 e. The van der Waals surface area contributed by atoms with E-state index in [0.29, 0.717) is 6.61 Å². The predicted molar refractivity (Wildman–Crippen MR) is 68.8 cm³/mol. The van der Waals surface area contributed by atoms with E-state index in [2.05, 4.69) is 15.4 Å². The molecular formula is C13H16N4O. The van der Waals surface area contributed by atoms with Gasteiger partial charge in [0.15, 0.2) is 0 Å². The Balaban J connectivity index is 2.39. The lowest BCUT2D eigenvalue weighted by molar-refractivity contribution is 0.333. The Morgan fingerprint density at radius 3 is 2.83 bits per heavy atom. The fourth-order valence-electron chi connectivity index (χ4n) is 1.81. The van der Waals surface area contributed by atoms with Crippen LogP contribution in [-0.2, 0) is 0 Å². The monoisotopic (exact) mass is 244 g/mol. The summed E-state index contributed by atoms with van der Waals surface area (Å²) in [6.45, 7) is 2.56. The number of rotatable bonds is 5. The Hall–Kier alpha value is -1.98. The van der Waals surface area contributed by atoms with Gasteiger partial charge in [0.05, 0.1) is 18.3 Å². The second-order valence-electron chi connectivity index (χ2n) is 3.70. The fourth-order valence-corrected chi connectivity index (χ4v) is 1.81. The molecule has 0 saturated carbocycles. The van der Waals surface area contributed by atoms with Crippen LogP contribution in [0.1, 0.15) is 24.2 Å². The molecule has 2 rings (SSSR count). The highest BCUT2D eigenvalue weighted by Crippen LogP contribution is 2.28. The van der Waals surface area contributed by atoms with Crippen molar-refractivity contribution in [3.05, 3.63) is 54.1 Å². The molecule has 1 unspecified atom stereocenters. The largest absolute Gasteiger partial charge is 0.494 e. The highest BCUT2D eigenvalue weighted by Gasteiger charge is 2.17. The van der Waals surface area contributed by atoms with Crippen molar-refractivity contribution in [3.8, 4) is 5.75 Å². The SMILES string of the molecule is CCOc1ccccc1C(NN)c1ccncn1. The van der Waals surface area contributed by atoms with Crippen molar-refractivity contribution >= 4 is 0 Å². The molecule has 2 aromatic rings. The number of ether oxygens (including phenoxy) is 1. The van der Waals surface area contributed by atoms with Crippen molar-refractivity contribution in [1.29, 1.82) is 0 Å². The lowest BCUT2D eigenvalue weighted by Crippen LogP contribution is -2.29. The first-order chi connectivity index (χ1) is 8.86. The van der Waals surface area contributed by atoms with Crippen LogP contribution in [0, 0.1) is 0 Å². The molecule has 0 spiro atoms. The summed E-state index contributed by atoms with van der Waals surface area (Å²) in [6, 6.07) is 9.39. The number of nitrogens with one attached hydrogen (secondary N) is 1. The third-order valence-electron chi connectivity index (χ3n) is 2.60. The maximum absolute atomic E-state index is 5.64. The normalized spacial score (nSPS) is 12.1. The Kier molecular flexibility index (Phi) is 4.22. The fraction of sp³-hybridized carbons (Fsp3) is 0.231. The maximum Gasteiger partial charge on any atom is 0.124 e. The molecule has 1 heterocycles. The van der Waals surface area contributed by atoms with Gasteiger partial charge in [0.2, 0.25) is 0 Å². The quantitative estimate of drug-likeness (QED) is 0.615. The van der Waals surface area contributed by atoms with Gasteiger partial charge in [0, 0.05) is 11.8 Å². The second kappa shape index (κ2) is 6.09. The lowest BCUT2D eigenvalue weighted by Gasteiger charge is -2.18. The Morgan fingerprint density at radius 2 is 2.17 bits per heavy atom. The zero-order valence-electron chi connectivity index (χ0n) is 10.2. The topological polar surface area (TPSA) is 73.1 Å². The van der Waals surface area contributed by atoms with Gasteiger partial charge in [-0.05, 0) is 19.1 Å². The van der Waals surface area contributed by atoms with Gasteiger partial charge in [-0.3, -0.25) is 5.84 Å². The first kappa shape index (κ1) is 12.5. The van der Waals surface area contributed by atoms with Gasteiger partial charge < -0.3 is 4.74 Å².